The molecule has 1 N–H and O–H groups in total. The van der Waals surface area contributed by atoms with Gasteiger partial charge in [0.2, 0.25) is 0 Å². The molecule has 0 spiro atoms. The van der Waals surface area contributed by atoms with Crippen molar-refractivity contribution in [1.82, 2.24) is 15.0 Å². The maximum absolute atomic E-state index is 13.1. The Hall–Kier alpha value is -1.82. The minimum Gasteiger partial charge on any atom is -0.340 e. The zero-order valence-corrected chi connectivity index (χ0v) is 11.2. The summed E-state index contributed by atoms with van der Waals surface area (Å²) in [4.78, 5) is 11.5. The van der Waals surface area contributed by atoms with Crippen LogP contribution in [0, 0.1) is 11.6 Å². The SMILES string of the molecule is Fc1ccc(Cc2nc3ncc(Br)cc3[nH]2)cc1F. The van der Waals surface area contributed by atoms with Crippen LogP contribution in [0.25, 0.3) is 11.2 Å². The number of H-pyrrole nitrogens is 1. The van der Waals surface area contributed by atoms with E-state index in [-0.39, 0.29) is 0 Å². The van der Waals surface area contributed by atoms with Crippen molar-refractivity contribution in [3.8, 4) is 0 Å². The van der Waals surface area contributed by atoms with Gasteiger partial charge in [0.15, 0.2) is 17.3 Å². The molecule has 0 amide bonds. The standard InChI is InChI=1S/C13H8BrF2N3/c14-8-5-11-13(17-6-8)19-12(18-11)4-7-1-2-9(15)10(16)3-7/h1-3,5-6H,4H2,(H,17,18,19). The maximum Gasteiger partial charge on any atom is 0.177 e. The molecule has 1 aromatic carbocycles. The van der Waals surface area contributed by atoms with Crippen LogP contribution in [-0.2, 0) is 6.42 Å². The predicted octanol–water partition coefficient (Wildman–Crippen LogP) is 3.59. The van der Waals surface area contributed by atoms with E-state index in [9.17, 15) is 8.78 Å². The zero-order chi connectivity index (χ0) is 13.4. The van der Waals surface area contributed by atoms with Crippen LogP contribution in [0.1, 0.15) is 11.4 Å². The third-order valence-electron chi connectivity index (χ3n) is 2.71. The van der Waals surface area contributed by atoms with Gasteiger partial charge in [-0.15, -0.1) is 0 Å². The second-order valence-corrected chi connectivity index (χ2v) is 5.05. The minimum absolute atomic E-state index is 0.394. The van der Waals surface area contributed by atoms with Crippen LogP contribution in [0.3, 0.4) is 0 Å². The van der Waals surface area contributed by atoms with E-state index in [0.29, 0.717) is 23.5 Å². The maximum atomic E-state index is 13.1. The smallest absolute Gasteiger partial charge is 0.177 e. The molecular weight excluding hydrogens is 316 g/mol. The molecule has 19 heavy (non-hydrogen) atoms. The van der Waals surface area contributed by atoms with Crippen LogP contribution in [0.2, 0.25) is 0 Å². The number of imidazole rings is 1. The lowest BCUT2D eigenvalue weighted by Gasteiger charge is -1.99. The monoisotopic (exact) mass is 323 g/mol. The van der Waals surface area contributed by atoms with Gasteiger partial charge in [-0.05, 0) is 39.7 Å². The number of fused-ring (bicyclic) bond motifs is 1. The van der Waals surface area contributed by atoms with Crippen LogP contribution >= 0.6 is 15.9 Å². The lowest BCUT2D eigenvalue weighted by molar-refractivity contribution is 0.507. The fraction of sp³-hybridized carbons (Fsp3) is 0.0769. The molecule has 0 fully saturated rings. The number of rotatable bonds is 2. The Kier molecular flexibility index (Phi) is 3.02. The molecule has 96 valence electrons. The molecule has 0 aliphatic rings. The summed E-state index contributed by atoms with van der Waals surface area (Å²) >= 11 is 3.32. The number of benzene rings is 1. The summed E-state index contributed by atoms with van der Waals surface area (Å²) in [7, 11) is 0. The third kappa shape index (κ3) is 2.49. The summed E-state index contributed by atoms with van der Waals surface area (Å²) in [6, 6.07) is 5.69. The summed E-state index contributed by atoms with van der Waals surface area (Å²) in [6.07, 6.45) is 2.05. The minimum atomic E-state index is -0.852. The number of halogens is 3. The van der Waals surface area contributed by atoms with Gasteiger partial charge in [-0.1, -0.05) is 6.07 Å². The van der Waals surface area contributed by atoms with Crippen LogP contribution in [-0.4, -0.2) is 15.0 Å². The third-order valence-corrected chi connectivity index (χ3v) is 3.14. The fourth-order valence-corrected chi connectivity index (χ4v) is 2.18. The van der Waals surface area contributed by atoms with E-state index >= 15 is 0 Å². The van der Waals surface area contributed by atoms with Crippen molar-refractivity contribution in [1.29, 1.82) is 0 Å². The molecular formula is C13H8BrF2N3. The lowest BCUT2D eigenvalue weighted by Crippen LogP contribution is -1.93. The summed E-state index contributed by atoms with van der Waals surface area (Å²) in [5, 5.41) is 0. The second kappa shape index (κ2) is 4.70. The average molecular weight is 324 g/mol. The van der Waals surface area contributed by atoms with E-state index in [0.717, 1.165) is 16.1 Å². The van der Waals surface area contributed by atoms with Gasteiger partial charge in [-0.2, -0.15) is 0 Å². The molecule has 3 rings (SSSR count). The number of aromatic amines is 1. The van der Waals surface area contributed by atoms with Gasteiger partial charge in [-0.3, -0.25) is 0 Å². The molecule has 6 heteroatoms. The molecule has 3 aromatic rings. The van der Waals surface area contributed by atoms with E-state index in [1.54, 1.807) is 6.20 Å². The van der Waals surface area contributed by atoms with Crippen LogP contribution in [0.4, 0.5) is 8.78 Å². The summed E-state index contributed by atoms with van der Waals surface area (Å²) in [5.41, 5.74) is 2.05. The molecule has 0 atom stereocenters. The van der Waals surface area contributed by atoms with Crippen LogP contribution in [0.15, 0.2) is 34.9 Å². The lowest BCUT2D eigenvalue weighted by atomic mass is 10.1. The zero-order valence-electron chi connectivity index (χ0n) is 9.62. The van der Waals surface area contributed by atoms with Gasteiger partial charge < -0.3 is 4.98 Å². The van der Waals surface area contributed by atoms with Crippen molar-refractivity contribution in [3.63, 3.8) is 0 Å². The van der Waals surface area contributed by atoms with Crippen LogP contribution in [0.5, 0.6) is 0 Å². The Morgan fingerprint density at radius 3 is 2.79 bits per heavy atom. The van der Waals surface area contributed by atoms with Gasteiger partial charge in [0.25, 0.3) is 0 Å². The molecule has 2 aromatic heterocycles. The molecule has 0 saturated carbocycles. The second-order valence-electron chi connectivity index (χ2n) is 4.13. The van der Waals surface area contributed by atoms with Gasteiger partial charge in [0.1, 0.15) is 5.82 Å². The van der Waals surface area contributed by atoms with Crippen molar-refractivity contribution in [2.45, 2.75) is 6.42 Å². The molecule has 0 bridgehead atoms. The number of hydrogen-bond donors (Lipinski definition) is 1. The quantitative estimate of drug-likeness (QED) is 0.783. The summed E-state index contributed by atoms with van der Waals surface area (Å²) in [5.74, 6) is -1.04. The number of hydrogen-bond acceptors (Lipinski definition) is 2. The largest absolute Gasteiger partial charge is 0.340 e. The first kappa shape index (κ1) is 12.2. The first-order valence-electron chi connectivity index (χ1n) is 5.56. The van der Waals surface area contributed by atoms with E-state index in [2.05, 4.69) is 30.9 Å². The summed E-state index contributed by atoms with van der Waals surface area (Å²) in [6.45, 7) is 0. The highest BCUT2D eigenvalue weighted by Gasteiger charge is 2.07. The first-order valence-corrected chi connectivity index (χ1v) is 6.35. The van der Waals surface area contributed by atoms with Crippen molar-refractivity contribution in [2.75, 3.05) is 0 Å². The Labute approximate surface area is 115 Å². The van der Waals surface area contributed by atoms with E-state index < -0.39 is 11.6 Å². The van der Waals surface area contributed by atoms with Crippen molar-refractivity contribution in [2.24, 2.45) is 0 Å². The van der Waals surface area contributed by atoms with Crippen molar-refractivity contribution >= 4 is 27.1 Å². The highest BCUT2D eigenvalue weighted by Crippen LogP contribution is 2.17. The van der Waals surface area contributed by atoms with E-state index in [4.69, 9.17) is 0 Å². The van der Waals surface area contributed by atoms with Gasteiger partial charge in [0, 0.05) is 17.1 Å². The topological polar surface area (TPSA) is 41.6 Å². The highest BCUT2D eigenvalue weighted by molar-refractivity contribution is 9.10. The molecule has 0 aliphatic carbocycles. The van der Waals surface area contributed by atoms with Crippen molar-refractivity contribution in [3.05, 3.63) is 58.0 Å². The molecule has 0 aliphatic heterocycles. The molecule has 2 heterocycles. The number of nitrogens with one attached hydrogen (secondary N) is 1. The highest BCUT2D eigenvalue weighted by atomic mass is 79.9. The Morgan fingerprint density at radius 2 is 2.00 bits per heavy atom. The Morgan fingerprint density at radius 1 is 1.16 bits per heavy atom. The Bertz CT molecular complexity index is 755. The molecule has 0 saturated heterocycles. The van der Waals surface area contributed by atoms with E-state index in [1.165, 1.54) is 12.1 Å². The number of aromatic nitrogens is 3. The number of nitrogens with zero attached hydrogens (tertiary/aromatic N) is 2. The average Bonchev–Trinajstić information content (AvgIpc) is 2.75. The predicted molar refractivity (Wildman–Crippen MR) is 70.8 cm³/mol. The van der Waals surface area contributed by atoms with Gasteiger partial charge >= 0.3 is 0 Å². The molecule has 3 nitrogen and oxygen atoms in total. The summed E-state index contributed by atoms with van der Waals surface area (Å²) < 4.78 is 26.8. The van der Waals surface area contributed by atoms with E-state index in [1.807, 2.05) is 6.07 Å². The Balaban J connectivity index is 1.94. The normalized spacial score (nSPS) is 11.1. The van der Waals surface area contributed by atoms with Crippen molar-refractivity contribution < 1.29 is 8.78 Å². The molecule has 0 radical (unpaired) electrons. The number of pyridine rings is 1. The molecule has 0 unspecified atom stereocenters. The fourth-order valence-electron chi connectivity index (χ4n) is 1.85. The first-order chi connectivity index (χ1) is 9.11. The van der Waals surface area contributed by atoms with Gasteiger partial charge in [-0.25, -0.2) is 18.7 Å². The van der Waals surface area contributed by atoms with Gasteiger partial charge in [0.05, 0.1) is 5.52 Å². The van der Waals surface area contributed by atoms with Crippen LogP contribution < -0.4 is 0 Å².